The number of hydrogen-bond acceptors (Lipinski definition) is 5. The van der Waals surface area contributed by atoms with E-state index in [0.717, 1.165) is 22.0 Å². The fraction of sp³-hybridized carbons (Fsp3) is 0.167. The second-order valence-electron chi connectivity index (χ2n) is 3.28. The number of nitrogens with zero attached hydrogens (tertiary/aromatic N) is 2. The van der Waals surface area contributed by atoms with Gasteiger partial charge in [0.2, 0.25) is 6.08 Å². The third-order valence-electron chi connectivity index (χ3n) is 2.17. The number of thiazole rings is 1. The summed E-state index contributed by atoms with van der Waals surface area (Å²) < 4.78 is 5.16. The molecule has 2 aromatic rings. The Morgan fingerprint density at radius 1 is 1.53 bits per heavy atom. The molecule has 0 amide bonds. The van der Waals surface area contributed by atoms with Gasteiger partial charge in [0.25, 0.3) is 0 Å². The Morgan fingerprint density at radius 2 is 2.41 bits per heavy atom. The third kappa shape index (κ3) is 2.78. The monoisotopic (exact) mass is 246 g/mol. The molecular formula is C12H10N2O2S. The van der Waals surface area contributed by atoms with E-state index in [9.17, 15) is 4.79 Å². The maximum absolute atomic E-state index is 10.0. The van der Waals surface area contributed by atoms with Crippen molar-refractivity contribution in [3.05, 3.63) is 35.3 Å². The first-order valence-corrected chi connectivity index (χ1v) is 5.84. The zero-order valence-electron chi connectivity index (χ0n) is 9.21. The summed E-state index contributed by atoms with van der Waals surface area (Å²) in [6.45, 7) is 0.282. The highest BCUT2D eigenvalue weighted by atomic mass is 32.1. The highest BCUT2D eigenvalue weighted by Gasteiger charge is 2.05. The number of aliphatic imine (C=N–C) groups is 1. The molecule has 1 aromatic heterocycles. The van der Waals surface area contributed by atoms with Crippen LogP contribution in [0, 0.1) is 0 Å². The predicted octanol–water partition coefficient (Wildman–Crippen LogP) is 2.65. The van der Waals surface area contributed by atoms with E-state index < -0.39 is 0 Å². The second-order valence-corrected chi connectivity index (χ2v) is 4.14. The van der Waals surface area contributed by atoms with Crippen molar-refractivity contribution in [1.29, 1.82) is 0 Å². The van der Waals surface area contributed by atoms with Crippen molar-refractivity contribution in [2.24, 2.45) is 4.99 Å². The standard InChI is InChI=1S/C12H10N2O2S/c1-16-11-4-2-3-9(5-11)12-14-10(7-17-12)6-13-8-15/h2-5,7H,6H2,1H3. The summed E-state index contributed by atoms with van der Waals surface area (Å²) in [5.41, 5.74) is 1.77. The van der Waals surface area contributed by atoms with E-state index in [1.54, 1.807) is 7.11 Å². The molecule has 0 unspecified atom stereocenters. The van der Waals surface area contributed by atoms with Crippen molar-refractivity contribution < 1.29 is 9.53 Å². The van der Waals surface area contributed by atoms with Crippen LogP contribution >= 0.6 is 11.3 Å². The SMILES string of the molecule is COc1cccc(-c2nc(CN=C=O)cs2)c1. The first-order valence-electron chi connectivity index (χ1n) is 4.96. The van der Waals surface area contributed by atoms with E-state index in [1.807, 2.05) is 29.6 Å². The van der Waals surface area contributed by atoms with Gasteiger partial charge in [-0.3, -0.25) is 0 Å². The van der Waals surface area contributed by atoms with Gasteiger partial charge in [0, 0.05) is 10.9 Å². The number of aromatic nitrogens is 1. The zero-order valence-corrected chi connectivity index (χ0v) is 10.0. The number of isocyanates is 1. The molecule has 2 rings (SSSR count). The Hall–Kier alpha value is -1.97. The summed E-state index contributed by atoms with van der Waals surface area (Å²) in [5.74, 6) is 0.796. The first kappa shape index (κ1) is 11.5. The quantitative estimate of drug-likeness (QED) is 0.615. The molecule has 0 aliphatic rings. The van der Waals surface area contributed by atoms with Crippen molar-refractivity contribution in [2.45, 2.75) is 6.54 Å². The van der Waals surface area contributed by atoms with Gasteiger partial charge in [-0.1, -0.05) is 12.1 Å². The average molecular weight is 246 g/mol. The van der Waals surface area contributed by atoms with E-state index in [-0.39, 0.29) is 6.54 Å². The smallest absolute Gasteiger partial charge is 0.235 e. The van der Waals surface area contributed by atoms with Crippen molar-refractivity contribution in [3.8, 4) is 16.3 Å². The topological polar surface area (TPSA) is 51.6 Å². The molecule has 0 fully saturated rings. The van der Waals surface area contributed by atoms with Crippen LogP contribution in [0.1, 0.15) is 5.69 Å². The van der Waals surface area contributed by atoms with Gasteiger partial charge in [0.15, 0.2) is 0 Å². The number of hydrogen-bond donors (Lipinski definition) is 0. The van der Waals surface area contributed by atoms with Gasteiger partial charge in [0.05, 0.1) is 19.3 Å². The van der Waals surface area contributed by atoms with Gasteiger partial charge in [-0.15, -0.1) is 11.3 Å². The molecule has 0 atom stereocenters. The summed E-state index contributed by atoms with van der Waals surface area (Å²) in [4.78, 5) is 17.9. The van der Waals surface area contributed by atoms with E-state index in [2.05, 4.69) is 9.98 Å². The fourth-order valence-corrected chi connectivity index (χ4v) is 2.19. The number of benzene rings is 1. The second kappa shape index (κ2) is 5.39. The minimum atomic E-state index is 0.282. The predicted molar refractivity (Wildman–Crippen MR) is 65.9 cm³/mol. The van der Waals surface area contributed by atoms with Crippen LogP contribution in [-0.4, -0.2) is 18.2 Å². The Labute approximate surface area is 103 Å². The summed E-state index contributed by atoms with van der Waals surface area (Å²) in [7, 11) is 1.63. The third-order valence-corrected chi connectivity index (χ3v) is 3.11. The number of carbonyl (C=O) groups excluding carboxylic acids is 1. The van der Waals surface area contributed by atoms with E-state index in [4.69, 9.17) is 4.74 Å². The van der Waals surface area contributed by atoms with Crippen LogP contribution in [0.5, 0.6) is 5.75 Å². The summed E-state index contributed by atoms with van der Waals surface area (Å²) >= 11 is 1.52. The number of methoxy groups -OCH3 is 1. The van der Waals surface area contributed by atoms with Gasteiger partial charge < -0.3 is 4.74 Å². The lowest BCUT2D eigenvalue weighted by molar-refractivity contribution is 0.415. The fourth-order valence-electron chi connectivity index (χ4n) is 1.38. The molecule has 0 aliphatic heterocycles. The zero-order chi connectivity index (χ0) is 12.1. The molecule has 5 heteroatoms. The summed E-state index contributed by atoms with van der Waals surface area (Å²) in [6, 6.07) is 7.69. The van der Waals surface area contributed by atoms with E-state index in [1.165, 1.54) is 17.4 Å². The highest BCUT2D eigenvalue weighted by molar-refractivity contribution is 7.13. The van der Waals surface area contributed by atoms with E-state index >= 15 is 0 Å². The molecule has 0 radical (unpaired) electrons. The van der Waals surface area contributed by atoms with Crippen LogP contribution in [0.2, 0.25) is 0 Å². The Kier molecular flexibility index (Phi) is 3.65. The largest absolute Gasteiger partial charge is 0.497 e. The minimum absolute atomic E-state index is 0.282. The first-order chi connectivity index (χ1) is 8.33. The van der Waals surface area contributed by atoms with Crippen LogP contribution in [0.3, 0.4) is 0 Å². The number of ether oxygens (including phenoxy) is 1. The lowest BCUT2D eigenvalue weighted by Crippen LogP contribution is -1.84. The molecular weight excluding hydrogens is 236 g/mol. The van der Waals surface area contributed by atoms with Gasteiger partial charge in [-0.05, 0) is 12.1 Å². The van der Waals surface area contributed by atoms with Crippen molar-refractivity contribution in [3.63, 3.8) is 0 Å². The Balaban J connectivity index is 2.26. The maximum atomic E-state index is 10.0. The van der Waals surface area contributed by atoms with Gasteiger partial charge in [-0.25, -0.2) is 9.78 Å². The van der Waals surface area contributed by atoms with Crippen LogP contribution in [-0.2, 0) is 11.3 Å². The van der Waals surface area contributed by atoms with E-state index in [0.29, 0.717) is 0 Å². The molecule has 0 N–H and O–H groups in total. The molecule has 0 bridgehead atoms. The number of rotatable bonds is 4. The van der Waals surface area contributed by atoms with Gasteiger partial charge >= 0.3 is 0 Å². The Morgan fingerprint density at radius 3 is 3.18 bits per heavy atom. The normalized spacial score (nSPS) is 9.71. The lowest BCUT2D eigenvalue weighted by Gasteiger charge is -2.00. The van der Waals surface area contributed by atoms with Crippen LogP contribution in [0.4, 0.5) is 0 Å². The van der Waals surface area contributed by atoms with Crippen molar-refractivity contribution >= 4 is 17.4 Å². The molecule has 17 heavy (non-hydrogen) atoms. The summed E-state index contributed by atoms with van der Waals surface area (Å²) in [5, 5.41) is 2.77. The molecule has 86 valence electrons. The molecule has 1 aromatic carbocycles. The Bertz CT molecular complexity index is 559. The molecule has 0 saturated carbocycles. The maximum Gasteiger partial charge on any atom is 0.235 e. The molecule has 0 spiro atoms. The van der Waals surface area contributed by atoms with Gasteiger partial charge in [-0.2, -0.15) is 4.99 Å². The van der Waals surface area contributed by atoms with Crippen LogP contribution in [0.25, 0.3) is 10.6 Å². The highest BCUT2D eigenvalue weighted by Crippen LogP contribution is 2.26. The van der Waals surface area contributed by atoms with Crippen LogP contribution in [0.15, 0.2) is 34.6 Å². The van der Waals surface area contributed by atoms with Gasteiger partial charge in [0.1, 0.15) is 10.8 Å². The molecule has 1 heterocycles. The lowest BCUT2D eigenvalue weighted by atomic mass is 10.2. The summed E-state index contributed by atoms with van der Waals surface area (Å²) in [6.07, 6.45) is 1.50. The average Bonchev–Trinajstić information content (AvgIpc) is 2.85. The van der Waals surface area contributed by atoms with Crippen LogP contribution < -0.4 is 4.74 Å². The molecule has 0 saturated heterocycles. The van der Waals surface area contributed by atoms with Crippen molar-refractivity contribution in [1.82, 2.24) is 4.98 Å². The molecule has 0 aliphatic carbocycles. The van der Waals surface area contributed by atoms with Crippen molar-refractivity contribution in [2.75, 3.05) is 7.11 Å². The minimum Gasteiger partial charge on any atom is -0.497 e. The molecule has 4 nitrogen and oxygen atoms in total.